The third-order valence-electron chi connectivity index (χ3n) is 3.16. The highest BCUT2D eigenvalue weighted by Gasteiger charge is 2.12. The van der Waals surface area contributed by atoms with Crippen molar-refractivity contribution < 1.29 is 9.90 Å². The number of nitrogens with one attached hydrogen (secondary N) is 1. The summed E-state index contributed by atoms with van der Waals surface area (Å²) >= 11 is 5.94. The van der Waals surface area contributed by atoms with Gasteiger partial charge in [-0.2, -0.15) is 0 Å². The maximum Gasteiger partial charge on any atom is 0.252 e. The molecule has 20 heavy (non-hydrogen) atoms. The maximum atomic E-state index is 12.2. The molecule has 2 N–H and O–H groups in total. The van der Waals surface area contributed by atoms with Crippen molar-refractivity contribution >= 4 is 28.4 Å². The van der Waals surface area contributed by atoms with Crippen molar-refractivity contribution in [3.05, 3.63) is 41.0 Å². The van der Waals surface area contributed by atoms with Crippen LogP contribution < -0.4 is 5.32 Å². The Bertz CT molecular complexity index is 616. The van der Waals surface area contributed by atoms with Gasteiger partial charge in [-0.15, -0.1) is 0 Å². The molecule has 2 rings (SSSR count). The topological polar surface area (TPSA) is 62.2 Å². The minimum atomic E-state index is -0.381. The molecule has 0 spiro atoms. The number of aliphatic hydroxyl groups excluding tert-OH is 1. The van der Waals surface area contributed by atoms with E-state index in [9.17, 15) is 9.90 Å². The SMILES string of the molecule is CCC(O)CCNC(=O)c1cc(Cl)nc2ccccc12. The van der Waals surface area contributed by atoms with Crippen LogP contribution in [0.25, 0.3) is 10.9 Å². The summed E-state index contributed by atoms with van der Waals surface area (Å²) < 4.78 is 0. The zero-order valence-electron chi connectivity index (χ0n) is 11.3. The first-order valence-electron chi connectivity index (χ1n) is 6.63. The number of hydrogen-bond donors (Lipinski definition) is 2. The molecule has 2 aromatic rings. The van der Waals surface area contributed by atoms with Gasteiger partial charge in [0.1, 0.15) is 5.15 Å². The van der Waals surface area contributed by atoms with Gasteiger partial charge in [0.25, 0.3) is 5.91 Å². The maximum absolute atomic E-state index is 12.2. The number of hydrogen-bond acceptors (Lipinski definition) is 3. The number of benzene rings is 1. The lowest BCUT2D eigenvalue weighted by Crippen LogP contribution is -2.27. The molecule has 0 aliphatic rings. The van der Waals surface area contributed by atoms with Crippen LogP contribution in [0.4, 0.5) is 0 Å². The molecule has 0 aliphatic carbocycles. The third-order valence-corrected chi connectivity index (χ3v) is 3.36. The second kappa shape index (κ2) is 6.68. The highest BCUT2D eigenvalue weighted by molar-refractivity contribution is 6.30. The van der Waals surface area contributed by atoms with Crippen LogP contribution in [0.2, 0.25) is 5.15 Å². The molecular formula is C15H17ClN2O2. The largest absolute Gasteiger partial charge is 0.393 e. The fraction of sp³-hybridized carbons (Fsp3) is 0.333. The number of carbonyl (C=O) groups excluding carboxylic acids is 1. The minimum absolute atomic E-state index is 0.200. The fourth-order valence-corrected chi connectivity index (χ4v) is 2.18. The van der Waals surface area contributed by atoms with Gasteiger partial charge < -0.3 is 10.4 Å². The first kappa shape index (κ1) is 14.8. The lowest BCUT2D eigenvalue weighted by molar-refractivity contribution is 0.0943. The highest BCUT2D eigenvalue weighted by Crippen LogP contribution is 2.20. The number of halogens is 1. The van der Waals surface area contributed by atoms with Crippen molar-refractivity contribution in [1.82, 2.24) is 10.3 Å². The molecule has 0 fully saturated rings. The van der Waals surface area contributed by atoms with Crippen molar-refractivity contribution in [3.63, 3.8) is 0 Å². The summed E-state index contributed by atoms with van der Waals surface area (Å²) in [6.45, 7) is 2.34. The smallest absolute Gasteiger partial charge is 0.252 e. The quantitative estimate of drug-likeness (QED) is 0.833. The van der Waals surface area contributed by atoms with Crippen LogP contribution in [-0.4, -0.2) is 28.6 Å². The number of pyridine rings is 1. The Morgan fingerprint density at radius 1 is 1.45 bits per heavy atom. The zero-order valence-corrected chi connectivity index (χ0v) is 12.0. The Balaban J connectivity index is 2.17. The Kier molecular flexibility index (Phi) is 4.93. The summed E-state index contributed by atoms with van der Waals surface area (Å²) in [5.41, 5.74) is 1.20. The zero-order chi connectivity index (χ0) is 14.5. The summed E-state index contributed by atoms with van der Waals surface area (Å²) in [5.74, 6) is -0.200. The highest BCUT2D eigenvalue weighted by atomic mass is 35.5. The van der Waals surface area contributed by atoms with Crippen LogP contribution in [0, 0.1) is 0 Å². The molecule has 4 nitrogen and oxygen atoms in total. The van der Waals surface area contributed by atoms with Crippen molar-refractivity contribution in [2.45, 2.75) is 25.9 Å². The Labute approximate surface area is 122 Å². The van der Waals surface area contributed by atoms with E-state index in [4.69, 9.17) is 11.6 Å². The van der Waals surface area contributed by atoms with Gasteiger partial charge >= 0.3 is 0 Å². The Hall–Kier alpha value is -1.65. The van der Waals surface area contributed by atoms with E-state index < -0.39 is 0 Å². The summed E-state index contributed by atoms with van der Waals surface area (Å²) in [6.07, 6.45) is 0.840. The summed E-state index contributed by atoms with van der Waals surface area (Å²) in [4.78, 5) is 16.4. The van der Waals surface area contributed by atoms with Crippen molar-refractivity contribution in [3.8, 4) is 0 Å². The molecule has 1 heterocycles. The molecular weight excluding hydrogens is 276 g/mol. The predicted octanol–water partition coefficient (Wildman–Crippen LogP) is 2.78. The molecule has 0 aliphatic heterocycles. The van der Waals surface area contributed by atoms with Crippen LogP contribution in [0.5, 0.6) is 0 Å². The number of aromatic nitrogens is 1. The van der Waals surface area contributed by atoms with Crippen molar-refractivity contribution in [2.24, 2.45) is 0 Å². The predicted molar refractivity (Wildman–Crippen MR) is 80.0 cm³/mol. The summed E-state index contributed by atoms with van der Waals surface area (Å²) in [7, 11) is 0. The van der Waals surface area contributed by atoms with Gasteiger partial charge in [-0.05, 0) is 25.0 Å². The molecule has 0 radical (unpaired) electrons. The monoisotopic (exact) mass is 292 g/mol. The van der Waals surface area contributed by atoms with Gasteiger partial charge in [0.2, 0.25) is 0 Å². The van der Waals surface area contributed by atoms with Gasteiger partial charge in [0.15, 0.2) is 0 Å². The lowest BCUT2D eigenvalue weighted by atomic mass is 10.1. The van der Waals surface area contributed by atoms with Gasteiger partial charge in [0, 0.05) is 11.9 Å². The van der Waals surface area contributed by atoms with Crippen LogP contribution in [-0.2, 0) is 0 Å². The average molecular weight is 293 g/mol. The van der Waals surface area contributed by atoms with Crippen LogP contribution in [0.1, 0.15) is 30.1 Å². The second-order valence-electron chi connectivity index (χ2n) is 4.62. The molecule has 0 saturated carbocycles. The van der Waals surface area contributed by atoms with E-state index in [0.717, 1.165) is 5.39 Å². The lowest BCUT2D eigenvalue weighted by Gasteiger charge is -2.10. The molecule has 1 atom stereocenters. The van der Waals surface area contributed by atoms with Crippen LogP contribution in [0.3, 0.4) is 0 Å². The third kappa shape index (κ3) is 3.46. The van der Waals surface area contributed by atoms with Gasteiger partial charge in [0.05, 0.1) is 17.2 Å². The molecule has 1 amide bonds. The first-order valence-corrected chi connectivity index (χ1v) is 7.01. The van der Waals surface area contributed by atoms with E-state index in [2.05, 4.69) is 10.3 Å². The minimum Gasteiger partial charge on any atom is -0.393 e. The number of aliphatic hydroxyl groups is 1. The number of para-hydroxylation sites is 1. The van der Waals surface area contributed by atoms with E-state index >= 15 is 0 Å². The molecule has 1 aromatic carbocycles. The Morgan fingerprint density at radius 3 is 2.95 bits per heavy atom. The molecule has 1 unspecified atom stereocenters. The van der Waals surface area contributed by atoms with Gasteiger partial charge in [-0.25, -0.2) is 4.98 Å². The van der Waals surface area contributed by atoms with E-state index in [-0.39, 0.29) is 12.0 Å². The van der Waals surface area contributed by atoms with Crippen molar-refractivity contribution in [1.29, 1.82) is 0 Å². The van der Waals surface area contributed by atoms with E-state index in [1.165, 1.54) is 0 Å². The summed E-state index contributed by atoms with van der Waals surface area (Å²) in [5, 5.41) is 13.3. The van der Waals surface area contributed by atoms with Crippen LogP contribution in [0.15, 0.2) is 30.3 Å². The normalized spacial score (nSPS) is 12.3. The standard InChI is InChI=1S/C15H17ClN2O2/c1-2-10(19)7-8-17-15(20)12-9-14(16)18-13-6-4-3-5-11(12)13/h3-6,9-10,19H,2,7-8H2,1H3,(H,17,20). The molecule has 5 heteroatoms. The number of nitrogens with zero attached hydrogens (tertiary/aromatic N) is 1. The molecule has 0 saturated heterocycles. The number of carbonyl (C=O) groups is 1. The van der Waals surface area contributed by atoms with E-state index in [1.807, 2.05) is 31.2 Å². The summed E-state index contributed by atoms with van der Waals surface area (Å²) in [6, 6.07) is 8.93. The molecule has 106 valence electrons. The first-order chi connectivity index (χ1) is 9.61. The fourth-order valence-electron chi connectivity index (χ4n) is 1.98. The number of fused-ring (bicyclic) bond motifs is 1. The second-order valence-corrected chi connectivity index (χ2v) is 5.00. The Morgan fingerprint density at radius 2 is 2.20 bits per heavy atom. The average Bonchev–Trinajstić information content (AvgIpc) is 2.45. The number of rotatable bonds is 5. The van der Waals surface area contributed by atoms with Crippen LogP contribution >= 0.6 is 11.6 Å². The number of amides is 1. The van der Waals surface area contributed by atoms with Gasteiger partial charge in [-0.3, -0.25) is 4.79 Å². The van der Waals surface area contributed by atoms with E-state index in [0.29, 0.717) is 35.6 Å². The molecule has 1 aromatic heterocycles. The van der Waals surface area contributed by atoms with Crippen molar-refractivity contribution in [2.75, 3.05) is 6.54 Å². The molecule has 0 bridgehead atoms. The van der Waals surface area contributed by atoms with Gasteiger partial charge in [-0.1, -0.05) is 36.7 Å². The van der Waals surface area contributed by atoms with E-state index in [1.54, 1.807) is 6.07 Å².